The summed E-state index contributed by atoms with van der Waals surface area (Å²) in [5, 5.41) is 12.1. The first-order valence-electron chi connectivity index (χ1n) is 5.35. The van der Waals surface area contributed by atoms with Crippen molar-refractivity contribution in [1.29, 1.82) is 0 Å². The number of aromatic hydroxyl groups is 1. The van der Waals surface area contributed by atoms with Gasteiger partial charge in [0, 0.05) is 11.1 Å². The van der Waals surface area contributed by atoms with Crippen LogP contribution in [-0.4, -0.2) is 17.3 Å². The normalized spacial score (nSPS) is 9.78. The second-order valence-corrected chi connectivity index (χ2v) is 3.71. The van der Waals surface area contributed by atoms with E-state index in [-0.39, 0.29) is 11.7 Å². The summed E-state index contributed by atoms with van der Waals surface area (Å²) < 4.78 is 0. The molecule has 2 aromatic rings. The van der Waals surface area contributed by atoms with Gasteiger partial charge in [0.25, 0.3) is 5.91 Å². The Hall–Kier alpha value is -2.62. The summed E-state index contributed by atoms with van der Waals surface area (Å²) in [4.78, 5) is 22.3. The van der Waals surface area contributed by atoms with Gasteiger partial charge >= 0.3 is 0 Å². The number of hydrogen-bond acceptors (Lipinski definition) is 3. The Morgan fingerprint density at radius 3 is 2.33 bits per heavy atom. The fraction of sp³-hybridized carbons (Fsp3) is 0. The number of nitrogens with one attached hydrogen (secondary N) is 1. The van der Waals surface area contributed by atoms with Gasteiger partial charge in [0.05, 0.1) is 5.69 Å². The highest BCUT2D eigenvalue weighted by Gasteiger charge is 2.08. The number of para-hydroxylation sites is 2. The fourth-order valence-corrected chi connectivity index (χ4v) is 1.49. The van der Waals surface area contributed by atoms with Crippen molar-refractivity contribution in [2.24, 2.45) is 0 Å². The molecule has 0 bridgehead atoms. The van der Waals surface area contributed by atoms with Crippen molar-refractivity contribution in [1.82, 2.24) is 0 Å². The molecule has 4 nitrogen and oxygen atoms in total. The van der Waals surface area contributed by atoms with Gasteiger partial charge in [-0.15, -0.1) is 0 Å². The number of carbonyl (C=O) groups excluding carboxylic acids is 2. The summed E-state index contributed by atoms with van der Waals surface area (Å²) in [6.07, 6.45) is 0.713. The Balaban J connectivity index is 2.17. The highest BCUT2D eigenvalue weighted by Crippen LogP contribution is 2.22. The number of aldehydes is 1. The van der Waals surface area contributed by atoms with Crippen LogP contribution in [0.4, 0.5) is 5.69 Å². The maximum absolute atomic E-state index is 11.9. The molecule has 0 aromatic heterocycles. The summed E-state index contributed by atoms with van der Waals surface area (Å²) >= 11 is 0. The zero-order valence-corrected chi connectivity index (χ0v) is 9.46. The smallest absolute Gasteiger partial charge is 0.255 e. The monoisotopic (exact) mass is 241 g/mol. The van der Waals surface area contributed by atoms with E-state index in [0.717, 1.165) is 0 Å². The molecular weight excluding hydrogens is 230 g/mol. The molecule has 0 atom stereocenters. The van der Waals surface area contributed by atoms with Crippen molar-refractivity contribution in [3.8, 4) is 5.75 Å². The third kappa shape index (κ3) is 2.55. The van der Waals surface area contributed by atoms with Gasteiger partial charge in [-0.1, -0.05) is 24.3 Å². The van der Waals surface area contributed by atoms with Crippen molar-refractivity contribution < 1.29 is 14.7 Å². The first-order valence-corrected chi connectivity index (χ1v) is 5.35. The molecule has 1 amide bonds. The first kappa shape index (κ1) is 11.9. The van der Waals surface area contributed by atoms with E-state index in [2.05, 4.69) is 5.32 Å². The molecule has 0 heterocycles. The minimum absolute atomic E-state index is 0.00959. The number of phenols is 1. The second kappa shape index (κ2) is 5.14. The van der Waals surface area contributed by atoms with Gasteiger partial charge in [-0.2, -0.15) is 0 Å². The molecule has 18 heavy (non-hydrogen) atoms. The lowest BCUT2D eigenvalue weighted by Crippen LogP contribution is -2.11. The Morgan fingerprint density at radius 1 is 1.06 bits per heavy atom. The van der Waals surface area contributed by atoms with Crippen LogP contribution in [0.15, 0.2) is 48.5 Å². The first-order chi connectivity index (χ1) is 8.70. The molecule has 0 saturated heterocycles. The van der Waals surface area contributed by atoms with E-state index in [0.29, 0.717) is 23.1 Å². The van der Waals surface area contributed by atoms with Crippen LogP contribution in [0.25, 0.3) is 0 Å². The van der Waals surface area contributed by atoms with Crippen molar-refractivity contribution in [2.75, 3.05) is 5.32 Å². The summed E-state index contributed by atoms with van der Waals surface area (Å²) in [7, 11) is 0. The predicted molar refractivity (Wildman–Crippen MR) is 67.9 cm³/mol. The number of amides is 1. The molecule has 2 N–H and O–H groups in total. The van der Waals surface area contributed by atoms with E-state index in [1.807, 2.05) is 0 Å². The molecule has 0 unspecified atom stereocenters. The molecule has 0 aliphatic carbocycles. The minimum atomic E-state index is -0.339. The van der Waals surface area contributed by atoms with Gasteiger partial charge < -0.3 is 10.4 Å². The minimum Gasteiger partial charge on any atom is -0.506 e. The van der Waals surface area contributed by atoms with Gasteiger partial charge in [-0.25, -0.2) is 0 Å². The number of phenolic OH excluding ortho intramolecular Hbond substituents is 1. The van der Waals surface area contributed by atoms with Crippen molar-refractivity contribution in [2.45, 2.75) is 0 Å². The lowest BCUT2D eigenvalue weighted by molar-refractivity contribution is 0.102. The number of carbonyl (C=O) groups is 2. The van der Waals surface area contributed by atoms with E-state index in [1.165, 1.54) is 6.07 Å². The molecule has 0 saturated carbocycles. The number of anilines is 1. The number of rotatable bonds is 3. The third-order valence-electron chi connectivity index (χ3n) is 2.46. The molecule has 90 valence electrons. The predicted octanol–water partition coefficient (Wildman–Crippen LogP) is 2.46. The molecule has 2 rings (SSSR count). The van der Waals surface area contributed by atoms with Crippen LogP contribution < -0.4 is 5.32 Å². The zero-order chi connectivity index (χ0) is 13.0. The largest absolute Gasteiger partial charge is 0.506 e. The maximum atomic E-state index is 11.9. The van der Waals surface area contributed by atoms with Crippen LogP contribution in [0.1, 0.15) is 20.7 Å². The molecule has 4 heteroatoms. The maximum Gasteiger partial charge on any atom is 0.255 e. The Bertz CT molecular complexity index is 576. The fourth-order valence-electron chi connectivity index (χ4n) is 1.49. The van der Waals surface area contributed by atoms with Gasteiger partial charge in [0.2, 0.25) is 0 Å². The van der Waals surface area contributed by atoms with Gasteiger partial charge in [-0.3, -0.25) is 9.59 Å². The summed E-state index contributed by atoms with van der Waals surface area (Å²) in [5.74, 6) is -0.329. The third-order valence-corrected chi connectivity index (χ3v) is 2.46. The molecule has 0 spiro atoms. The summed E-state index contributed by atoms with van der Waals surface area (Å²) in [5.41, 5.74) is 1.28. The molecule has 2 aromatic carbocycles. The Labute approximate surface area is 104 Å². The molecule has 0 aliphatic heterocycles. The number of benzene rings is 2. The van der Waals surface area contributed by atoms with E-state index < -0.39 is 0 Å². The highest BCUT2D eigenvalue weighted by molar-refractivity contribution is 6.05. The van der Waals surface area contributed by atoms with Crippen LogP contribution in [-0.2, 0) is 0 Å². The van der Waals surface area contributed by atoms with Crippen molar-refractivity contribution >= 4 is 17.9 Å². The molecule has 0 aliphatic rings. The standard InChI is InChI=1S/C14H11NO3/c16-9-10-5-7-11(8-6-10)14(18)15-12-3-1-2-4-13(12)17/h1-9,17H,(H,15,18). The zero-order valence-electron chi connectivity index (χ0n) is 9.46. The summed E-state index contributed by atoms with van der Waals surface area (Å²) in [6, 6.07) is 12.7. The topological polar surface area (TPSA) is 66.4 Å². The highest BCUT2D eigenvalue weighted by atomic mass is 16.3. The summed E-state index contributed by atoms with van der Waals surface area (Å²) in [6.45, 7) is 0. The van der Waals surface area contributed by atoms with Crippen LogP contribution in [0.2, 0.25) is 0 Å². The van der Waals surface area contributed by atoms with Crippen LogP contribution in [0.5, 0.6) is 5.75 Å². The SMILES string of the molecule is O=Cc1ccc(C(=O)Nc2ccccc2O)cc1. The van der Waals surface area contributed by atoms with E-state index in [9.17, 15) is 14.7 Å². The van der Waals surface area contributed by atoms with Crippen molar-refractivity contribution in [3.63, 3.8) is 0 Å². The lowest BCUT2D eigenvalue weighted by Gasteiger charge is -2.06. The molecule has 0 fully saturated rings. The molecular formula is C14H11NO3. The average Bonchev–Trinajstić information content (AvgIpc) is 2.41. The van der Waals surface area contributed by atoms with Crippen LogP contribution >= 0.6 is 0 Å². The van der Waals surface area contributed by atoms with Gasteiger partial charge in [0.1, 0.15) is 12.0 Å². The quantitative estimate of drug-likeness (QED) is 0.640. The lowest BCUT2D eigenvalue weighted by atomic mass is 10.1. The van der Waals surface area contributed by atoms with Crippen LogP contribution in [0.3, 0.4) is 0 Å². The molecule has 0 radical (unpaired) electrons. The van der Waals surface area contributed by atoms with Crippen molar-refractivity contribution in [3.05, 3.63) is 59.7 Å². The van der Waals surface area contributed by atoms with Crippen LogP contribution in [0, 0.1) is 0 Å². The Morgan fingerprint density at radius 2 is 1.72 bits per heavy atom. The van der Waals surface area contributed by atoms with E-state index in [1.54, 1.807) is 42.5 Å². The second-order valence-electron chi connectivity index (χ2n) is 3.71. The average molecular weight is 241 g/mol. The van der Waals surface area contributed by atoms with E-state index in [4.69, 9.17) is 0 Å². The van der Waals surface area contributed by atoms with Gasteiger partial charge in [0.15, 0.2) is 0 Å². The number of hydrogen-bond donors (Lipinski definition) is 2. The van der Waals surface area contributed by atoms with Gasteiger partial charge in [-0.05, 0) is 24.3 Å². The Kier molecular flexibility index (Phi) is 3.38. The van der Waals surface area contributed by atoms with E-state index >= 15 is 0 Å².